The minimum absolute atomic E-state index is 0.284. The number of H-pyrrole nitrogens is 1. The molecule has 0 aliphatic heterocycles. The van der Waals surface area contributed by atoms with Crippen molar-refractivity contribution in [3.05, 3.63) is 23.5 Å². The predicted molar refractivity (Wildman–Crippen MR) is 59.0 cm³/mol. The van der Waals surface area contributed by atoms with Crippen molar-refractivity contribution in [2.45, 2.75) is 6.92 Å². The highest BCUT2D eigenvalue weighted by atomic mass is 16.1. The second-order valence-corrected chi connectivity index (χ2v) is 3.35. The zero-order chi connectivity index (χ0) is 11.7. The van der Waals surface area contributed by atoms with Gasteiger partial charge in [0.25, 0.3) is 5.91 Å². The van der Waals surface area contributed by atoms with Crippen LogP contribution in [0.3, 0.4) is 0 Å². The largest absolute Gasteiger partial charge is 0.366 e. The molecule has 2 aromatic rings. The van der Waals surface area contributed by atoms with Gasteiger partial charge in [-0.05, 0) is 18.6 Å². The summed E-state index contributed by atoms with van der Waals surface area (Å²) in [7, 11) is 0. The number of hydrogen-bond acceptors (Lipinski definition) is 3. The third-order valence-corrected chi connectivity index (χ3v) is 2.44. The van der Waals surface area contributed by atoms with Gasteiger partial charge in [0.1, 0.15) is 5.52 Å². The summed E-state index contributed by atoms with van der Waals surface area (Å²) in [5, 5.41) is 2.52. The fraction of sp³-hybridized carbons (Fsp3) is 0.100. The van der Waals surface area contributed by atoms with Gasteiger partial charge >= 0.3 is 0 Å². The highest BCUT2D eigenvalue weighted by Gasteiger charge is 2.14. The molecule has 0 saturated heterocycles. The van der Waals surface area contributed by atoms with Gasteiger partial charge in [-0.3, -0.25) is 9.59 Å². The standard InChI is InChI=1S/C10H10N4O2/c1-5-7(14-4-15)2-6(10(11)16)9-8(5)12-3-13-9/h2-4H,1H3,(H2,11,16)(H,12,13)(H,14,15). The van der Waals surface area contributed by atoms with Gasteiger partial charge in [-0.25, -0.2) is 4.98 Å². The van der Waals surface area contributed by atoms with Crippen molar-refractivity contribution in [2.75, 3.05) is 5.32 Å². The fourth-order valence-corrected chi connectivity index (χ4v) is 1.64. The third-order valence-electron chi connectivity index (χ3n) is 2.44. The number of aromatic nitrogens is 2. The first-order valence-corrected chi connectivity index (χ1v) is 4.62. The molecule has 4 N–H and O–H groups in total. The van der Waals surface area contributed by atoms with Crippen molar-refractivity contribution in [2.24, 2.45) is 5.73 Å². The minimum atomic E-state index is -0.578. The summed E-state index contributed by atoms with van der Waals surface area (Å²) in [5.74, 6) is -0.578. The number of nitrogens with zero attached hydrogens (tertiary/aromatic N) is 1. The van der Waals surface area contributed by atoms with Crippen LogP contribution in [0.25, 0.3) is 11.0 Å². The van der Waals surface area contributed by atoms with Crippen molar-refractivity contribution in [3.63, 3.8) is 0 Å². The lowest BCUT2D eigenvalue weighted by Crippen LogP contribution is -2.13. The SMILES string of the molecule is Cc1c(NC=O)cc(C(N)=O)c2nc[nH]c12. The molecular formula is C10H10N4O2. The maximum atomic E-state index is 11.2. The Morgan fingerprint density at radius 2 is 2.38 bits per heavy atom. The Bertz CT molecular complexity index is 573. The lowest BCUT2D eigenvalue weighted by molar-refractivity contribution is -0.105. The quantitative estimate of drug-likeness (QED) is 0.655. The second-order valence-electron chi connectivity index (χ2n) is 3.35. The number of carbonyl (C=O) groups excluding carboxylic acids is 2. The molecule has 1 aromatic carbocycles. The molecule has 1 aromatic heterocycles. The first kappa shape index (κ1) is 10.2. The molecule has 1 heterocycles. The molecule has 0 spiro atoms. The Balaban J connectivity index is 2.79. The van der Waals surface area contributed by atoms with Crippen LogP contribution in [0, 0.1) is 6.92 Å². The van der Waals surface area contributed by atoms with Crippen LogP contribution in [0.4, 0.5) is 5.69 Å². The maximum absolute atomic E-state index is 11.2. The molecule has 0 unspecified atom stereocenters. The van der Waals surface area contributed by atoms with E-state index < -0.39 is 5.91 Å². The van der Waals surface area contributed by atoms with E-state index in [0.29, 0.717) is 23.1 Å². The van der Waals surface area contributed by atoms with Crippen LogP contribution in [-0.4, -0.2) is 22.3 Å². The number of aromatic amines is 1. The Hall–Kier alpha value is -2.37. The van der Waals surface area contributed by atoms with Crippen LogP contribution in [0.2, 0.25) is 0 Å². The third kappa shape index (κ3) is 1.40. The Morgan fingerprint density at radius 1 is 1.62 bits per heavy atom. The van der Waals surface area contributed by atoms with Gasteiger partial charge in [-0.2, -0.15) is 0 Å². The van der Waals surface area contributed by atoms with E-state index in [0.717, 1.165) is 5.56 Å². The monoisotopic (exact) mass is 218 g/mol. The summed E-state index contributed by atoms with van der Waals surface area (Å²) in [4.78, 5) is 28.6. The zero-order valence-corrected chi connectivity index (χ0v) is 8.57. The van der Waals surface area contributed by atoms with E-state index in [1.54, 1.807) is 0 Å². The van der Waals surface area contributed by atoms with Crippen LogP contribution in [0.1, 0.15) is 15.9 Å². The summed E-state index contributed by atoms with van der Waals surface area (Å²) in [6.07, 6.45) is 2.03. The number of aryl methyl sites for hydroxylation is 1. The number of carbonyl (C=O) groups is 2. The van der Waals surface area contributed by atoms with Crippen LogP contribution in [0.5, 0.6) is 0 Å². The predicted octanol–water partition coefficient (Wildman–Crippen LogP) is 0.539. The Morgan fingerprint density at radius 3 is 3.00 bits per heavy atom. The number of amides is 2. The first-order chi connectivity index (χ1) is 7.65. The summed E-state index contributed by atoms with van der Waals surface area (Å²) in [6, 6.07) is 1.52. The van der Waals surface area contributed by atoms with Gasteiger partial charge in [0.05, 0.1) is 17.4 Å². The molecule has 6 nitrogen and oxygen atoms in total. The van der Waals surface area contributed by atoms with Crippen molar-refractivity contribution < 1.29 is 9.59 Å². The Labute approximate surface area is 90.8 Å². The highest BCUT2D eigenvalue weighted by molar-refractivity contribution is 6.07. The zero-order valence-electron chi connectivity index (χ0n) is 8.57. The number of imidazole rings is 1. The minimum Gasteiger partial charge on any atom is -0.366 e. The van der Waals surface area contributed by atoms with E-state index in [1.165, 1.54) is 12.4 Å². The van der Waals surface area contributed by atoms with Crippen LogP contribution < -0.4 is 11.1 Å². The average molecular weight is 218 g/mol. The van der Waals surface area contributed by atoms with Gasteiger partial charge in [0, 0.05) is 5.69 Å². The second kappa shape index (κ2) is 3.65. The molecule has 0 bridgehead atoms. The summed E-state index contributed by atoms with van der Waals surface area (Å²) in [6.45, 7) is 1.82. The smallest absolute Gasteiger partial charge is 0.251 e. The normalized spacial score (nSPS) is 10.3. The summed E-state index contributed by atoms with van der Waals surface area (Å²) < 4.78 is 0. The van der Waals surface area contributed by atoms with E-state index in [9.17, 15) is 9.59 Å². The van der Waals surface area contributed by atoms with E-state index in [4.69, 9.17) is 5.73 Å². The van der Waals surface area contributed by atoms with Gasteiger partial charge in [-0.1, -0.05) is 0 Å². The van der Waals surface area contributed by atoms with Gasteiger partial charge < -0.3 is 16.0 Å². The molecule has 0 fully saturated rings. The molecule has 6 heteroatoms. The number of primary amides is 1. The van der Waals surface area contributed by atoms with Crippen LogP contribution in [-0.2, 0) is 4.79 Å². The molecular weight excluding hydrogens is 208 g/mol. The number of anilines is 1. The summed E-state index contributed by atoms with van der Waals surface area (Å²) in [5.41, 5.74) is 8.09. The van der Waals surface area contributed by atoms with E-state index in [1.807, 2.05) is 6.92 Å². The topological polar surface area (TPSA) is 101 Å². The van der Waals surface area contributed by atoms with Crippen molar-refractivity contribution in [1.82, 2.24) is 9.97 Å². The molecule has 0 aliphatic carbocycles. The van der Waals surface area contributed by atoms with Crippen molar-refractivity contribution in [3.8, 4) is 0 Å². The molecule has 82 valence electrons. The molecule has 2 rings (SSSR count). The van der Waals surface area contributed by atoms with Crippen molar-refractivity contribution >= 4 is 29.0 Å². The maximum Gasteiger partial charge on any atom is 0.251 e. The highest BCUT2D eigenvalue weighted by Crippen LogP contribution is 2.26. The molecule has 0 atom stereocenters. The average Bonchev–Trinajstić information content (AvgIpc) is 2.71. The number of nitrogens with two attached hydrogens (primary N) is 1. The number of rotatable bonds is 3. The molecule has 0 saturated carbocycles. The number of fused-ring (bicyclic) bond motifs is 1. The molecule has 0 radical (unpaired) electrons. The molecule has 2 amide bonds. The number of benzene rings is 1. The van der Waals surface area contributed by atoms with E-state index in [-0.39, 0.29) is 5.56 Å². The van der Waals surface area contributed by atoms with Crippen LogP contribution in [0.15, 0.2) is 12.4 Å². The van der Waals surface area contributed by atoms with Crippen LogP contribution >= 0.6 is 0 Å². The van der Waals surface area contributed by atoms with Crippen molar-refractivity contribution in [1.29, 1.82) is 0 Å². The summed E-state index contributed by atoms with van der Waals surface area (Å²) >= 11 is 0. The number of nitrogens with one attached hydrogen (secondary N) is 2. The fourth-order valence-electron chi connectivity index (χ4n) is 1.64. The number of hydrogen-bond donors (Lipinski definition) is 3. The van der Waals surface area contributed by atoms with Gasteiger partial charge in [0.15, 0.2) is 0 Å². The lowest BCUT2D eigenvalue weighted by Gasteiger charge is -2.07. The van der Waals surface area contributed by atoms with Gasteiger partial charge in [-0.15, -0.1) is 0 Å². The van der Waals surface area contributed by atoms with Gasteiger partial charge in [0.2, 0.25) is 6.41 Å². The van der Waals surface area contributed by atoms with E-state index >= 15 is 0 Å². The molecule has 0 aliphatic rings. The lowest BCUT2D eigenvalue weighted by atomic mass is 10.1. The first-order valence-electron chi connectivity index (χ1n) is 4.62. The Kier molecular flexibility index (Phi) is 2.32. The van der Waals surface area contributed by atoms with E-state index in [2.05, 4.69) is 15.3 Å². The molecule has 16 heavy (non-hydrogen) atoms.